The van der Waals surface area contributed by atoms with Gasteiger partial charge in [-0.25, -0.2) is 9.97 Å². The van der Waals surface area contributed by atoms with Crippen molar-refractivity contribution in [3.63, 3.8) is 0 Å². The van der Waals surface area contributed by atoms with Gasteiger partial charge in [-0.2, -0.15) is 0 Å². The Labute approximate surface area is 189 Å². The molecule has 2 aliphatic heterocycles. The summed E-state index contributed by atoms with van der Waals surface area (Å²) < 4.78 is 5.41. The van der Waals surface area contributed by atoms with Gasteiger partial charge >= 0.3 is 0 Å². The van der Waals surface area contributed by atoms with Crippen LogP contribution in [-0.2, 0) is 11.3 Å². The third-order valence-electron chi connectivity index (χ3n) is 6.16. The van der Waals surface area contributed by atoms with Crippen molar-refractivity contribution in [2.75, 3.05) is 46.9 Å². The fraction of sp³-hybridized carbons (Fsp3) is 0.500. The summed E-state index contributed by atoms with van der Waals surface area (Å²) in [5.41, 5.74) is 3.01. The van der Waals surface area contributed by atoms with E-state index in [2.05, 4.69) is 14.9 Å². The van der Waals surface area contributed by atoms with E-state index in [9.17, 15) is 9.59 Å². The first-order chi connectivity index (χ1) is 15.4. The lowest BCUT2D eigenvalue weighted by molar-refractivity contribution is 0.0342. The van der Waals surface area contributed by atoms with Crippen LogP contribution >= 0.6 is 0 Å². The molecule has 0 N–H and O–H groups in total. The highest BCUT2D eigenvalue weighted by atomic mass is 16.5. The van der Waals surface area contributed by atoms with Crippen LogP contribution in [0.2, 0.25) is 0 Å². The number of aromatic nitrogens is 2. The molecule has 2 fully saturated rings. The molecule has 0 aliphatic carbocycles. The van der Waals surface area contributed by atoms with Crippen LogP contribution in [0.4, 0.5) is 0 Å². The van der Waals surface area contributed by atoms with Gasteiger partial charge in [0.05, 0.1) is 30.5 Å². The van der Waals surface area contributed by atoms with Gasteiger partial charge in [0.1, 0.15) is 0 Å². The zero-order valence-corrected chi connectivity index (χ0v) is 19.1. The number of morpholine rings is 1. The van der Waals surface area contributed by atoms with Crippen molar-refractivity contribution in [3.05, 3.63) is 58.7 Å². The molecule has 2 aliphatic rings. The number of benzene rings is 1. The highest BCUT2D eigenvalue weighted by Crippen LogP contribution is 2.31. The first-order valence-electron chi connectivity index (χ1n) is 11.2. The third kappa shape index (κ3) is 4.81. The second kappa shape index (κ2) is 9.75. The van der Waals surface area contributed by atoms with E-state index >= 15 is 0 Å². The van der Waals surface area contributed by atoms with Gasteiger partial charge in [0.25, 0.3) is 11.8 Å². The maximum atomic E-state index is 13.3. The number of likely N-dealkylation sites (tertiary alicyclic amines) is 1. The molecule has 8 nitrogen and oxygen atoms in total. The average Bonchev–Trinajstić information content (AvgIpc) is 3.29. The summed E-state index contributed by atoms with van der Waals surface area (Å²) >= 11 is 0. The Morgan fingerprint density at radius 1 is 1.12 bits per heavy atom. The minimum Gasteiger partial charge on any atom is -0.379 e. The first kappa shape index (κ1) is 22.4. The van der Waals surface area contributed by atoms with Crippen molar-refractivity contribution in [2.24, 2.45) is 0 Å². The van der Waals surface area contributed by atoms with Gasteiger partial charge in [-0.15, -0.1) is 0 Å². The molecule has 4 rings (SSSR count). The van der Waals surface area contributed by atoms with Crippen LogP contribution in [0.1, 0.15) is 56.7 Å². The molecule has 170 valence electrons. The van der Waals surface area contributed by atoms with Crippen LogP contribution in [0, 0.1) is 6.92 Å². The minimum atomic E-state index is -0.169. The predicted octanol–water partition coefficient (Wildman–Crippen LogP) is 2.30. The Hall–Kier alpha value is -2.84. The van der Waals surface area contributed by atoms with E-state index in [1.807, 2.05) is 36.1 Å². The molecule has 2 aromatic rings. The van der Waals surface area contributed by atoms with Crippen LogP contribution in [0.25, 0.3) is 0 Å². The number of carbonyl (C=O) groups is 2. The minimum absolute atomic E-state index is 0.000111. The van der Waals surface area contributed by atoms with Gasteiger partial charge in [-0.3, -0.25) is 14.5 Å². The normalized spacial score (nSPS) is 19.2. The average molecular weight is 438 g/mol. The van der Waals surface area contributed by atoms with E-state index in [1.54, 1.807) is 20.3 Å². The molecule has 32 heavy (non-hydrogen) atoms. The second-order valence-corrected chi connectivity index (χ2v) is 8.67. The van der Waals surface area contributed by atoms with Crippen molar-refractivity contribution < 1.29 is 14.3 Å². The lowest BCUT2D eigenvalue weighted by Crippen LogP contribution is -2.35. The molecule has 2 saturated heterocycles. The Kier molecular flexibility index (Phi) is 6.81. The Morgan fingerprint density at radius 2 is 1.84 bits per heavy atom. The van der Waals surface area contributed by atoms with Crippen molar-refractivity contribution in [3.8, 4) is 0 Å². The van der Waals surface area contributed by atoms with Crippen LogP contribution in [0.5, 0.6) is 0 Å². The van der Waals surface area contributed by atoms with Crippen molar-refractivity contribution in [1.29, 1.82) is 0 Å². The molecule has 1 aromatic heterocycles. The van der Waals surface area contributed by atoms with Crippen molar-refractivity contribution in [2.45, 2.75) is 32.4 Å². The third-order valence-corrected chi connectivity index (χ3v) is 6.16. The number of nitrogens with zero attached hydrogens (tertiary/aromatic N) is 5. The summed E-state index contributed by atoms with van der Waals surface area (Å²) in [5.74, 6) is 0.485. The lowest BCUT2D eigenvalue weighted by Gasteiger charge is -2.27. The van der Waals surface area contributed by atoms with Gasteiger partial charge < -0.3 is 14.5 Å². The number of hydrogen-bond donors (Lipinski definition) is 0. The summed E-state index contributed by atoms with van der Waals surface area (Å²) in [6, 6.07) is 7.74. The van der Waals surface area contributed by atoms with Gasteiger partial charge in [0, 0.05) is 52.0 Å². The number of rotatable bonds is 5. The predicted molar refractivity (Wildman–Crippen MR) is 120 cm³/mol. The fourth-order valence-corrected chi connectivity index (χ4v) is 4.31. The maximum Gasteiger partial charge on any atom is 0.256 e. The largest absolute Gasteiger partial charge is 0.379 e. The topological polar surface area (TPSA) is 78.9 Å². The highest BCUT2D eigenvalue weighted by molar-refractivity contribution is 5.95. The number of aryl methyl sites for hydroxylation is 1. The molecule has 2 amide bonds. The van der Waals surface area contributed by atoms with Gasteiger partial charge in [0.2, 0.25) is 0 Å². The van der Waals surface area contributed by atoms with Crippen LogP contribution in [0.15, 0.2) is 30.5 Å². The van der Waals surface area contributed by atoms with E-state index in [4.69, 9.17) is 4.74 Å². The van der Waals surface area contributed by atoms with Crippen LogP contribution < -0.4 is 0 Å². The zero-order valence-electron chi connectivity index (χ0n) is 19.1. The highest BCUT2D eigenvalue weighted by Gasteiger charge is 2.33. The van der Waals surface area contributed by atoms with Gasteiger partial charge in [-0.1, -0.05) is 12.1 Å². The summed E-state index contributed by atoms with van der Waals surface area (Å²) in [6.45, 7) is 6.80. The summed E-state index contributed by atoms with van der Waals surface area (Å²) in [6.07, 6.45) is 3.31. The number of amides is 2. The van der Waals surface area contributed by atoms with Crippen LogP contribution in [-0.4, -0.2) is 83.4 Å². The monoisotopic (exact) mass is 437 g/mol. The molecule has 0 radical (unpaired) electrons. The molecule has 1 atom stereocenters. The molecule has 8 heteroatoms. The maximum absolute atomic E-state index is 13.3. The van der Waals surface area contributed by atoms with Gasteiger partial charge in [0.15, 0.2) is 5.82 Å². The number of ether oxygens (including phenoxy) is 1. The summed E-state index contributed by atoms with van der Waals surface area (Å²) in [4.78, 5) is 40.3. The van der Waals surface area contributed by atoms with E-state index in [-0.39, 0.29) is 17.9 Å². The second-order valence-electron chi connectivity index (χ2n) is 8.67. The van der Waals surface area contributed by atoms with E-state index in [1.165, 1.54) is 10.5 Å². The van der Waals surface area contributed by atoms with E-state index < -0.39 is 0 Å². The quantitative estimate of drug-likeness (QED) is 0.714. The van der Waals surface area contributed by atoms with Crippen molar-refractivity contribution in [1.82, 2.24) is 24.7 Å². The lowest BCUT2D eigenvalue weighted by atomic mass is 10.1. The molecule has 3 heterocycles. The van der Waals surface area contributed by atoms with Crippen molar-refractivity contribution >= 4 is 11.8 Å². The first-order valence-corrected chi connectivity index (χ1v) is 11.2. The zero-order chi connectivity index (χ0) is 22.7. The molecule has 1 aromatic carbocycles. The number of hydrogen-bond acceptors (Lipinski definition) is 6. The number of carbonyl (C=O) groups excluding carboxylic acids is 2. The van der Waals surface area contributed by atoms with Gasteiger partial charge in [-0.05, 0) is 37.5 Å². The SMILES string of the molecule is Cc1nc(C2CCCN2C(=O)c2ccc(CN3CCOCC3)cc2)ncc1C(=O)N(C)C. The fourth-order valence-electron chi connectivity index (χ4n) is 4.31. The Bertz CT molecular complexity index is 970. The molecule has 1 unspecified atom stereocenters. The standard InChI is InChI=1S/C24H31N5O3/c1-17-20(24(31)27(2)3)15-25-22(26-17)21-5-4-10-29(21)23(30)19-8-6-18(7-9-19)16-28-11-13-32-14-12-28/h6-9,15,21H,4-5,10-14,16H2,1-3H3. The van der Waals surface area contributed by atoms with E-state index in [0.29, 0.717) is 29.2 Å². The van der Waals surface area contributed by atoms with Crippen LogP contribution in [0.3, 0.4) is 0 Å². The smallest absolute Gasteiger partial charge is 0.256 e. The summed E-state index contributed by atoms with van der Waals surface area (Å²) in [7, 11) is 3.42. The Balaban J connectivity index is 1.46. The summed E-state index contributed by atoms with van der Waals surface area (Å²) in [5, 5.41) is 0. The molecule has 0 spiro atoms. The molecular formula is C24H31N5O3. The van der Waals surface area contributed by atoms with E-state index in [0.717, 1.165) is 45.7 Å². The molecule has 0 saturated carbocycles. The Morgan fingerprint density at radius 3 is 2.50 bits per heavy atom. The molecule has 0 bridgehead atoms. The molecular weight excluding hydrogens is 406 g/mol.